The lowest BCUT2D eigenvalue weighted by Gasteiger charge is -2.14. The lowest BCUT2D eigenvalue weighted by Crippen LogP contribution is -2.09. The van der Waals surface area contributed by atoms with E-state index in [1.54, 1.807) is 19.1 Å². The zero-order chi connectivity index (χ0) is 13.1. The minimum absolute atomic E-state index is 0.340. The molecule has 2 N–H and O–H groups in total. The standard InChI is InChI=1S/C14H13FINO/c1-9(17)14-12(15)3-2-4-13(14)18-11-7-5-10(16)6-8-11/h2-9H,17H2,1H3/t9-/m0/s1. The highest BCUT2D eigenvalue weighted by atomic mass is 127. The molecule has 0 unspecified atom stereocenters. The van der Waals surface area contributed by atoms with Crippen molar-refractivity contribution in [3.05, 3.63) is 57.4 Å². The zero-order valence-corrected chi connectivity index (χ0v) is 12.0. The molecule has 1 atom stereocenters. The third-order valence-corrected chi connectivity index (χ3v) is 3.23. The predicted octanol–water partition coefficient (Wildman–Crippen LogP) is 4.24. The minimum atomic E-state index is -0.412. The lowest BCUT2D eigenvalue weighted by molar-refractivity contribution is 0.461. The van der Waals surface area contributed by atoms with Crippen LogP contribution in [0.5, 0.6) is 11.5 Å². The Kier molecular flexibility index (Phi) is 4.19. The smallest absolute Gasteiger partial charge is 0.135 e. The maximum atomic E-state index is 13.7. The molecule has 2 rings (SSSR count). The van der Waals surface area contributed by atoms with Gasteiger partial charge in [0.05, 0.1) is 0 Å². The van der Waals surface area contributed by atoms with E-state index in [4.69, 9.17) is 10.5 Å². The first-order valence-electron chi connectivity index (χ1n) is 5.55. The fourth-order valence-electron chi connectivity index (χ4n) is 1.68. The van der Waals surface area contributed by atoms with Crippen LogP contribution in [-0.2, 0) is 0 Å². The van der Waals surface area contributed by atoms with Crippen molar-refractivity contribution < 1.29 is 9.13 Å². The molecule has 0 bridgehead atoms. The molecular formula is C14H13FINO. The average molecular weight is 357 g/mol. The van der Waals surface area contributed by atoms with Crippen molar-refractivity contribution in [2.45, 2.75) is 13.0 Å². The average Bonchev–Trinajstić information content (AvgIpc) is 2.32. The van der Waals surface area contributed by atoms with E-state index < -0.39 is 6.04 Å². The van der Waals surface area contributed by atoms with Gasteiger partial charge in [0.2, 0.25) is 0 Å². The number of benzene rings is 2. The Morgan fingerprint density at radius 3 is 2.44 bits per heavy atom. The van der Waals surface area contributed by atoms with Crippen LogP contribution in [0.15, 0.2) is 42.5 Å². The Hall–Kier alpha value is -1.14. The molecule has 0 fully saturated rings. The van der Waals surface area contributed by atoms with Crippen molar-refractivity contribution in [2.24, 2.45) is 5.73 Å². The summed E-state index contributed by atoms with van der Waals surface area (Å²) in [6.07, 6.45) is 0. The zero-order valence-electron chi connectivity index (χ0n) is 9.86. The molecule has 0 heterocycles. The molecule has 0 radical (unpaired) electrons. The van der Waals surface area contributed by atoms with E-state index in [-0.39, 0.29) is 5.82 Å². The van der Waals surface area contributed by atoms with Crippen molar-refractivity contribution in [3.63, 3.8) is 0 Å². The van der Waals surface area contributed by atoms with Gasteiger partial charge in [0.15, 0.2) is 0 Å². The second kappa shape index (κ2) is 5.67. The molecule has 0 amide bonds. The molecule has 2 aromatic rings. The number of ether oxygens (including phenoxy) is 1. The molecule has 4 heteroatoms. The number of halogens is 2. The Morgan fingerprint density at radius 2 is 1.83 bits per heavy atom. The van der Waals surface area contributed by atoms with Gasteiger partial charge in [-0.25, -0.2) is 4.39 Å². The van der Waals surface area contributed by atoms with E-state index in [1.807, 2.05) is 24.3 Å². The molecule has 0 aromatic heterocycles. The molecule has 2 nitrogen and oxygen atoms in total. The quantitative estimate of drug-likeness (QED) is 0.834. The van der Waals surface area contributed by atoms with Crippen molar-refractivity contribution in [1.29, 1.82) is 0 Å². The fraction of sp³-hybridized carbons (Fsp3) is 0.143. The predicted molar refractivity (Wildman–Crippen MR) is 78.2 cm³/mol. The van der Waals surface area contributed by atoms with Gasteiger partial charge in [0.25, 0.3) is 0 Å². The molecule has 0 spiro atoms. The largest absolute Gasteiger partial charge is 0.457 e. The van der Waals surface area contributed by atoms with E-state index in [9.17, 15) is 4.39 Å². The van der Waals surface area contributed by atoms with Crippen LogP contribution in [0, 0.1) is 9.39 Å². The summed E-state index contributed by atoms with van der Waals surface area (Å²) in [5.74, 6) is 0.794. The molecule has 0 aliphatic rings. The topological polar surface area (TPSA) is 35.2 Å². The van der Waals surface area contributed by atoms with Gasteiger partial charge < -0.3 is 10.5 Å². The van der Waals surface area contributed by atoms with Crippen LogP contribution in [0.2, 0.25) is 0 Å². The Morgan fingerprint density at radius 1 is 1.17 bits per heavy atom. The number of rotatable bonds is 3. The highest BCUT2D eigenvalue weighted by molar-refractivity contribution is 14.1. The molecule has 94 valence electrons. The first-order valence-corrected chi connectivity index (χ1v) is 6.63. The van der Waals surface area contributed by atoms with Crippen LogP contribution >= 0.6 is 22.6 Å². The van der Waals surface area contributed by atoms with Gasteiger partial charge in [0.1, 0.15) is 17.3 Å². The van der Waals surface area contributed by atoms with Gasteiger partial charge in [-0.1, -0.05) is 6.07 Å². The summed E-state index contributed by atoms with van der Waals surface area (Å²) in [7, 11) is 0. The van der Waals surface area contributed by atoms with E-state index in [0.717, 1.165) is 3.57 Å². The molecular weight excluding hydrogens is 344 g/mol. The maximum absolute atomic E-state index is 13.7. The number of nitrogens with two attached hydrogens (primary N) is 1. The van der Waals surface area contributed by atoms with Gasteiger partial charge in [-0.2, -0.15) is 0 Å². The number of hydrogen-bond donors (Lipinski definition) is 1. The van der Waals surface area contributed by atoms with Gasteiger partial charge in [-0.3, -0.25) is 0 Å². The van der Waals surface area contributed by atoms with Crippen molar-refractivity contribution in [1.82, 2.24) is 0 Å². The fourth-order valence-corrected chi connectivity index (χ4v) is 2.04. The van der Waals surface area contributed by atoms with Gasteiger partial charge in [0, 0.05) is 15.2 Å². The number of hydrogen-bond acceptors (Lipinski definition) is 2. The van der Waals surface area contributed by atoms with Crippen LogP contribution in [-0.4, -0.2) is 0 Å². The third-order valence-electron chi connectivity index (χ3n) is 2.51. The van der Waals surface area contributed by atoms with E-state index in [2.05, 4.69) is 22.6 Å². The van der Waals surface area contributed by atoms with Crippen molar-refractivity contribution >= 4 is 22.6 Å². The molecule has 0 saturated carbocycles. The lowest BCUT2D eigenvalue weighted by atomic mass is 10.1. The molecule has 0 aliphatic heterocycles. The Labute approximate surface area is 119 Å². The van der Waals surface area contributed by atoms with Crippen LogP contribution in [0.1, 0.15) is 18.5 Å². The van der Waals surface area contributed by atoms with Crippen LogP contribution in [0.4, 0.5) is 4.39 Å². The minimum Gasteiger partial charge on any atom is -0.457 e. The summed E-state index contributed by atoms with van der Waals surface area (Å²) in [5, 5.41) is 0. The maximum Gasteiger partial charge on any atom is 0.135 e. The molecule has 0 saturated heterocycles. The summed E-state index contributed by atoms with van der Waals surface area (Å²) in [5.41, 5.74) is 6.17. The highest BCUT2D eigenvalue weighted by Crippen LogP contribution is 2.30. The van der Waals surface area contributed by atoms with E-state index in [0.29, 0.717) is 17.1 Å². The van der Waals surface area contributed by atoms with Crippen LogP contribution < -0.4 is 10.5 Å². The van der Waals surface area contributed by atoms with Crippen LogP contribution in [0.25, 0.3) is 0 Å². The monoisotopic (exact) mass is 357 g/mol. The summed E-state index contributed by atoms with van der Waals surface area (Å²) < 4.78 is 20.5. The molecule has 18 heavy (non-hydrogen) atoms. The second-order valence-corrected chi connectivity index (χ2v) is 5.24. The van der Waals surface area contributed by atoms with Gasteiger partial charge in [-0.15, -0.1) is 0 Å². The molecule has 0 aliphatic carbocycles. The Balaban J connectivity index is 2.34. The Bertz CT molecular complexity index is 540. The van der Waals surface area contributed by atoms with Gasteiger partial charge >= 0.3 is 0 Å². The summed E-state index contributed by atoms with van der Waals surface area (Å²) in [6.45, 7) is 1.74. The van der Waals surface area contributed by atoms with Crippen molar-refractivity contribution in [3.8, 4) is 11.5 Å². The summed E-state index contributed by atoms with van der Waals surface area (Å²) in [4.78, 5) is 0. The summed E-state index contributed by atoms with van der Waals surface area (Å²) in [6, 6.07) is 11.9. The normalized spacial score (nSPS) is 12.2. The van der Waals surface area contributed by atoms with Crippen molar-refractivity contribution in [2.75, 3.05) is 0 Å². The van der Waals surface area contributed by atoms with Gasteiger partial charge in [-0.05, 0) is 65.9 Å². The SMILES string of the molecule is C[C@H](N)c1c(F)cccc1Oc1ccc(I)cc1. The van der Waals surface area contributed by atoms with E-state index in [1.165, 1.54) is 6.07 Å². The van der Waals surface area contributed by atoms with E-state index >= 15 is 0 Å². The van der Waals surface area contributed by atoms with Crippen LogP contribution in [0.3, 0.4) is 0 Å². The first-order chi connectivity index (χ1) is 8.58. The third kappa shape index (κ3) is 3.00. The first kappa shape index (κ1) is 13.3. The molecule has 2 aromatic carbocycles. The second-order valence-electron chi connectivity index (χ2n) is 4.00. The highest BCUT2D eigenvalue weighted by Gasteiger charge is 2.14. The summed E-state index contributed by atoms with van der Waals surface area (Å²) >= 11 is 2.21.